The van der Waals surface area contributed by atoms with E-state index < -0.39 is 9.84 Å². The maximum absolute atomic E-state index is 11.1. The molecule has 0 radical (unpaired) electrons. The minimum atomic E-state index is -2.73. The van der Waals surface area contributed by atoms with Crippen molar-refractivity contribution in [2.45, 2.75) is 19.8 Å². The predicted octanol–water partition coefficient (Wildman–Crippen LogP) is 0.848. The van der Waals surface area contributed by atoms with Crippen LogP contribution in [0.4, 0.5) is 0 Å². The van der Waals surface area contributed by atoms with E-state index in [9.17, 15) is 8.42 Å². The van der Waals surface area contributed by atoms with Gasteiger partial charge in [0.25, 0.3) is 0 Å². The van der Waals surface area contributed by atoms with Gasteiger partial charge < -0.3 is 4.74 Å². The SMILES string of the molecule is COCC1(C)CCS(=O)(=O)CC1. The topological polar surface area (TPSA) is 43.4 Å². The molecular formula is C8H16O3S. The molecule has 0 aromatic rings. The van der Waals surface area contributed by atoms with Gasteiger partial charge in [0.2, 0.25) is 0 Å². The summed E-state index contributed by atoms with van der Waals surface area (Å²) in [6, 6.07) is 0. The monoisotopic (exact) mass is 192 g/mol. The van der Waals surface area contributed by atoms with Crippen LogP contribution in [0.15, 0.2) is 0 Å². The number of methoxy groups -OCH3 is 1. The summed E-state index contributed by atoms with van der Waals surface area (Å²) < 4.78 is 27.3. The van der Waals surface area contributed by atoms with Crippen LogP contribution in [0.2, 0.25) is 0 Å². The first-order valence-electron chi connectivity index (χ1n) is 4.17. The van der Waals surface area contributed by atoms with Gasteiger partial charge in [-0.25, -0.2) is 8.42 Å². The summed E-state index contributed by atoms with van der Waals surface area (Å²) in [5.41, 5.74) is 0.0834. The lowest BCUT2D eigenvalue weighted by molar-refractivity contribution is 0.0844. The Hall–Kier alpha value is -0.0900. The number of sulfone groups is 1. The number of ether oxygens (including phenoxy) is 1. The normalized spacial score (nSPS) is 26.8. The predicted molar refractivity (Wildman–Crippen MR) is 47.9 cm³/mol. The van der Waals surface area contributed by atoms with Crippen LogP contribution < -0.4 is 0 Å². The maximum atomic E-state index is 11.1. The molecule has 1 aliphatic rings. The van der Waals surface area contributed by atoms with Crippen LogP contribution in [-0.4, -0.2) is 33.6 Å². The highest BCUT2D eigenvalue weighted by atomic mass is 32.2. The van der Waals surface area contributed by atoms with E-state index in [0.717, 1.165) is 12.8 Å². The van der Waals surface area contributed by atoms with E-state index in [1.54, 1.807) is 7.11 Å². The lowest BCUT2D eigenvalue weighted by atomic mass is 9.85. The van der Waals surface area contributed by atoms with Crippen molar-refractivity contribution in [1.82, 2.24) is 0 Å². The van der Waals surface area contributed by atoms with Crippen LogP contribution in [0.1, 0.15) is 19.8 Å². The van der Waals surface area contributed by atoms with E-state index in [-0.39, 0.29) is 5.41 Å². The third-order valence-corrected chi connectivity index (χ3v) is 4.18. The summed E-state index contributed by atoms with van der Waals surface area (Å²) >= 11 is 0. The van der Waals surface area contributed by atoms with Gasteiger partial charge in [-0.05, 0) is 18.3 Å². The summed E-state index contributed by atoms with van der Waals surface area (Å²) in [7, 11) is -1.07. The first-order valence-corrected chi connectivity index (χ1v) is 5.99. The number of hydrogen-bond acceptors (Lipinski definition) is 3. The van der Waals surface area contributed by atoms with Crippen molar-refractivity contribution in [1.29, 1.82) is 0 Å². The molecule has 0 unspecified atom stereocenters. The first kappa shape index (κ1) is 9.99. The van der Waals surface area contributed by atoms with Crippen molar-refractivity contribution in [3.05, 3.63) is 0 Å². The van der Waals surface area contributed by atoms with E-state index in [4.69, 9.17) is 4.74 Å². The molecule has 0 N–H and O–H groups in total. The number of hydrogen-bond donors (Lipinski definition) is 0. The highest BCUT2D eigenvalue weighted by molar-refractivity contribution is 7.91. The van der Waals surface area contributed by atoms with Crippen LogP contribution >= 0.6 is 0 Å². The zero-order chi connectivity index (χ0) is 9.24. The Morgan fingerprint density at radius 3 is 2.25 bits per heavy atom. The molecule has 0 aromatic carbocycles. The summed E-state index contributed by atoms with van der Waals surface area (Å²) in [4.78, 5) is 0. The Bertz CT molecular complexity index is 229. The fourth-order valence-electron chi connectivity index (χ4n) is 1.52. The Labute approximate surface area is 74.0 Å². The highest BCUT2D eigenvalue weighted by Crippen LogP contribution is 2.31. The molecule has 0 aromatic heterocycles. The van der Waals surface area contributed by atoms with E-state index in [1.165, 1.54) is 0 Å². The van der Waals surface area contributed by atoms with E-state index in [2.05, 4.69) is 6.92 Å². The van der Waals surface area contributed by atoms with Gasteiger partial charge in [0.05, 0.1) is 18.1 Å². The largest absolute Gasteiger partial charge is 0.384 e. The molecule has 4 heteroatoms. The summed E-state index contributed by atoms with van der Waals surface area (Å²) in [6.45, 7) is 2.76. The van der Waals surface area contributed by atoms with Gasteiger partial charge in [0.1, 0.15) is 9.84 Å². The van der Waals surface area contributed by atoms with Gasteiger partial charge in [-0.15, -0.1) is 0 Å². The minimum Gasteiger partial charge on any atom is -0.384 e. The number of rotatable bonds is 2. The lowest BCUT2D eigenvalue weighted by Crippen LogP contribution is -2.34. The second-order valence-corrected chi connectivity index (χ2v) is 6.20. The molecule has 1 rings (SSSR count). The Balaban J connectivity index is 2.55. The molecule has 1 fully saturated rings. The maximum Gasteiger partial charge on any atom is 0.150 e. The van der Waals surface area contributed by atoms with Gasteiger partial charge in [-0.3, -0.25) is 0 Å². The molecule has 1 heterocycles. The van der Waals surface area contributed by atoms with Gasteiger partial charge in [0.15, 0.2) is 0 Å². The molecule has 3 nitrogen and oxygen atoms in total. The van der Waals surface area contributed by atoms with Crippen molar-refractivity contribution < 1.29 is 13.2 Å². The molecule has 0 atom stereocenters. The smallest absolute Gasteiger partial charge is 0.150 e. The lowest BCUT2D eigenvalue weighted by Gasteiger charge is -2.32. The summed E-state index contributed by atoms with van der Waals surface area (Å²) in [5, 5.41) is 0. The van der Waals surface area contributed by atoms with E-state index >= 15 is 0 Å². The molecule has 12 heavy (non-hydrogen) atoms. The highest BCUT2D eigenvalue weighted by Gasteiger charge is 2.32. The van der Waals surface area contributed by atoms with Crippen LogP contribution in [0.3, 0.4) is 0 Å². The zero-order valence-electron chi connectivity index (χ0n) is 7.67. The van der Waals surface area contributed by atoms with Gasteiger partial charge in [0, 0.05) is 7.11 Å². The van der Waals surface area contributed by atoms with Gasteiger partial charge in [-0.2, -0.15) is 0 Å². The molecule has 0 aliphatic carbocycles. The van der Waals surface area contributed by atoms with Crippen LogP contribution in [-0.2, 0) is 14.6 Å². The van der Waals surface area contributed by atoms with Crippen LogP contribution in [0.5, 0.6) is 0 Å². The van der Waals surface area contributed by atoms with E-state index in [0.29, 0.717) is 18.1 Å². The second-order valence-electron chi connectivity index (χ2n) is 3.90. The fraction of sp³-hybridized carbons (Fsp3) is 1.00. The van der Waals surface area contributed by atoms with Crippen LogP contribution in [0, 0.1) is 5.41 Å². The zero-order valence-corrected chi connectivity index (χ0v) is 8.49. The quantitative estimate of drug-likeness (QED) is 0.651. The molecule has 0 saturated carbocycles. The molecule has 0 bridgehead atoms. The van der Waals surface area contributed by atoms with Crippen molar-refractivity contribution in [2.75, 3.05) is 25.2 Å². The van der Waals surface area contributed by atoms with Gasteiger partial charge >= 0.3 is 0 Å². The fourth-order valence-corrected chi connectivity index (χ4v) is 3.34. The molecule has 72 valence electrons. The molecule has 1 saturated heterocycles. The van der Waals surface area contributed by atoms with Crippen molar-refractivity contribution in [3.63, 3.8) is 0 Å². The van der Waals surface area contributed by atoms with Crippen molar-refractivity contribution in [2.24, 2.45) is 5.41 Å². The standard InChI is InChI=1S/C8H16O3S/c1-8(7-11-2)3-5-12(9,10)6-4-8/h3-7H2,1-2H3. The summed E-state index contributed by atoms with van der Waals surface area (Å²) in [6.07, 6.45) is 1.48. The molecule has 1 aliphatic heterocycles. The van der Waals surface area contributed by atoms with Crippen molar-refractivity contribution in [3.8, 4) is 0 Å². The Morgan fingerprint density at radius 1 is 1.33 bits per heavy atom. The van der Waals surface area contributed by atoms with Gasteiger partial charge in [-0.1, -0.05) is 6.92 Å². The summed E-state index contributed by atoms with van der Waals surface area (Å²) in [5.74, 6) is 0.652. The second kappa shape index (κ2) is 3.34. The average molecular weight is 192 g/mol. The van der Waals surface area contributed by atoms with E-state index in [1.807, 2.05) is 0 Å². The average Bonchev–Trinajstić information content (AvgIpc) is 1.98. The minimum absolute atomic E-state index is 0.0834. The Morgan fingerprint density at radius 2 is 1.83 bits per heavy atom. The Kier molecular flexibility index (Phi) is 2.78. The molecule has 0 amide bonds. The third kappa shape index (κ3) is 2.45. The van der Waals surface area contributed by atoms with Crippen LogP contribution in [0.25, 0.3) is 0 Å². The molecular weight excluding hydrogens is 176 g/mol. The molecule has 0 spiro atoms. The first-order chi connectivity index (χ1) is 5.47. The van der Waals surface area contributed by atoms with Crippen molar-refractivity contribution >= 4 is 9.84 Å². The third-order valence-electron chi connectivity index (χ3n) is 2.53.